The van der Waals surface area contributed by atoms with Gasteiger partial charge in [0.25, 0.3) is 0 Å². The first-order chi connectivity index (χ1) is 6.80. The third-order valence-corrected chi connectivity index (χ3v) is 2.64. The van der Waals surface area contributed by atoms with Crippen molar-refractivity contribution in [3.63, 3.8) is 0 Å². The highest BCUT2D eigenvalue weighted by Gasteiger charge is 2.17. The van der Waals surface area contributed by atoms with Crippen LogP contribution in [0.5, 0.6) is 0 Å². The molecule has 0 aromatic heterocycles. The molecule has 88 valence electrons. The third-order valence-electron chi connectivity index (χ3n) is 2.64. The topological polar surface area (TPSA) is 0 Å². The first kappa shape index (κ1) is 16.4. The molecular weight excluding hydrogens is 168 g/mol. The lowest BCUT2D eigenvalue weighted by atomic mass is 10.0. The minimum atomic E-state index is 1.01. The molecule has 2 aliphatic carbocycles. The lowest BCUT2D eigenvalue weighted by Crippen LogP contribution is -1.95. The molecule has 0 amide bonds. The molecule has 2 aliphatic rings. The van der Waals surface area contributed by atoms with Crippen molar-refractivity contribution in [3.05, 3.63) is 0 Å². The smallest absolute Gasteiger partial charge is 0.0417 e. The van der Waals surface area contributed by atoms with Gasteiger partial charge >= 0.3 is 0 Å². The Morgan fingerprint density at radius 3 is 0.929 bits per heavy atom. The summed E-state index contributed by atoms with van der Waals surface area (Å²) in [6.45, 7) is 12.7. The van der Waals surface area contributed by atoms with E-state index in [1.165, 1.54) is 38.5 Å². The second-order valence-electron chi connectivity index (χ2n) is 3.95. The van der Waals surface area contributed by atoms with Crippen LogP contribution in [0.15, 0.2) is 0 Å². The van der Waals surface area contributed by atoms with Crippen LogP contribution in [0.2, 0.25) is 0 Å². The maximum atomic E-state index is 2.36. The minimum Gasteiger partial charge on any atom is -0.0683 e. The van der Waals surface area contributed by atoms with E-state index >= 15 is 0 Å². The lowest BCUT2D eigenvalue weighted by molar-refractivity contribution is 0.457. The summed E-state index contributed by atoms with van der Waals surface area (Å²) in [5, 5.41) is 0. The van der Waals surface area contributed by atoms with Gasteiger partial charge in [0.1, 0.15) is 0 Å². The zero-order chi connectivity index (χ0) is 11.4. The molecule has 0 nitrogen and oxygen atoms in total. The van der Waals surface area contributed by atoms with Crippen molar-refractivity contribution in [1.29, 1.82) is 0 Å². The summed E-state index contributed by atoms with van der Waals surface area (Å²) in [7, 11) is 0. The van der Waals surface area contributed by atoms with Gasteiger partial charge in [0, 0.05) is 0 Å². The molecule has 0 N–H and O–H groups in total. The van der Waals surface area contributed by atoms with Crippen LogP contribution in [0.3, 0.4) is 0 Å². The molecule has 2 rings (SSSR count). The van der Waals surface area contributed by atoms with Crippen LogP contribution in [-0.2, 0) is 0 Å². The highest BCUT2D eigenvalue weighted by atomic mass is 14.2. The molecule has 0 aromatic rings. The van der Waals surface area contributed by atoms with E-state index in [9.17, 15) is 0 Å². The van der Waals surface area contributed by atoms with Crippen LogP contribution in [0.25, 0.3) is 0 Å². The second-order valence-corrected chi connectivity index (χ2v) is 3.95. The molecule has 0 aromatic carbocycles. The van der Waals surface area contributed by atoms with Crippen molar-refractivity contribution in [1.82, 2.24) is 0 Å². The Labute approximate surface area is 92.5 Å². The van der Waals surface area contributed by atoms with E-state index < -0.39 is 0 Å². The predicted octanol–water partition coefficient (Wildman–Crippen LogP) is 5.67. The number of hydrogen-bond acceptors (Lipinski definition) is 0. The number of hydrogen-bond donors (Lipinski definition) is 0. The molecule has 0 saturated heterocycles. The van der Waals surface area contributed by atoms with E-state index in [4.69, 9.17) is 0 Å². The molecule has 0 spiro atoms. The highest BCUT2D eigenvalue weighted by Crippen LogP contribution is 2.29. The van der Waals surface area contributed by atoms with Crippen LogP contribution in [-0.4, -0.2) is 0 Å². The Morgan fingerprint density at radius 2 is 0.857 bits per heavy atom. The van der Waals surface area contributed by atoms with E-state index in [1.807, 2.05) is 27.7 Å². The van der Waals surface area contributed by atoms with E-state index in [1.54, 1.807) is 0 Å². The van der Waals surface area contributed by atoms with Crippen molar-refractivity contribution in [3.8, 4) is 0 Å². The maximum Gasteiger partial charge on any atom is -0.0417 e. The summed E-state index contributed by atoms with van der Waals surface area (Å²) < 4.78 is 0. The molecule has 14 heavy (non-hydrogen) atoms. The van der Waals surface area contributed by atoms with Crippen LogP contribution in [0, 0.1) is 11.8 Å². The predicted molar refractivity (Wildman–Crippen MR) is 68.7 cm³/mol. The van der Waals surface area contributed by atoms with Crippen LogP contribution >= 0.6 is 0 Å². The second kappa shape index (κ2) is 13.0. The lowest BCUT2D eigenvalue weighted by Gasteiger charge is -2.05. The molecule has 2 atom stereocenters. The summed E-state index contributed by atoms with van der Waals surface area (Å²) in [6, 6.07) is 0. The van der Waals surface area contributed by atoms with Crippen molar-refractivity contribution >= 4 is 0 Å². The molecule has 0 heteroatoms. The average molecular weight is 200 g/mol. The van der Waals surface area contributed by atoms with Crippen molar-refractivity contribution in [2.45, 2.75) is 80.1 Å². The Morgan fingerprint density at radius 1 is 0.571 bits per heavy atom. The third kappa shape index (κ3) is 12.0. The molecular formula is C14H32. The largest absolute Gasteiger partial charge is 0.0683 e. The van der Waals surface area contributed by atoms with Gasteiger partial charge in [-0.05, 0) is 11.8 Å². The van der Waals surface area contributed by atoms with Crippen molar-refractivity contribution < 1.29 is 0 Å². The molecule has 0 bridgehead atoms. The SMILES string of the molecule is C1CC1.CC.CC.CC1CCCC1C. The average Bonchev–Trinajstić information content (AvgIpc) is 3.08. The summed E-state index contributed by atoms with van der Waals surface area (Å²) in [6.07, 6.45) is 8.92. The Bertz CT molecular complexity index is 73.3. The zero-order valence-corrected chi connectivity index (χ0v) is 11.4. The molecule has 2 unspecified atom stereocenters. The van der Waals surface area contributed by atoms with Gasteiger partial charge in [-0.1, -0.05) is 80.1 Å². The fraction of sp³-hybridized carbons (Fsp3) is 1.00. The van der Waals surface area contributed by atoms with Gasteiger partial charge in [-0.3, -0.25) is 0 Å². The first-order valence-corrected chi connectivity index (χ1v) is 6.80. The maximum absolute atomic E-state index is 2.36. The fourth-order valence-corrected chi connectivity index (χ4v) is 1.33. The summed E-state index contributed by atoms with van der Waals surface area (Å²) in [4.78, 5) is 0. The summed E-state index contributed by atoms with van der Waals surface area (Å²) in [5.74, 6) is 2.03. The van der Waals surface area contributed by atoms with Crippen LogP contribution in [0.1, 0.15) is 80.1 Å². The van der Waals surface area contributed by atoms with E-state index in [0.29, 0.717) is 0 Å². The van der Waals surface area contributed by atoms with Crippen molar-refractivity contribution in [2.24, 2.45) is 11.8 Å². The quantitative estimate of drug-likeness (QED) is 0.473. The number of rotatable bonds is 0. The highest BCUT2D eigenvalue weighted by molar-refractivity contribution is 4.69. The molecule has 0 radical (unpaired) electrons. The Kier molecular flexibility index (Phi) is 15.3. The minimum absolute atomic E-state index is 1.01. The van der Waals surface area contributed by atoms with Gasteiger partial charge in [-0.2, -0.15) is 0 Å². The first-order valence-electron chi connectivity index (χ1n) is 6.80. The Hall–Kier alpha value is 0. The Balaban J connectivity index is 0. The molecule has 2 saturated carbocycles. The van der Waals surface area contributed by atoms with Crippen LogP contribution in [0.4, 0.5) is 0 Å². The molecule has 0 aliphatic heterocycles. The van der Waals surface area contributed by atoms with Gasteiger partial charge in [0.15, 0.2) is 0 Å². The molecule has 0 heterocycles. The van der Waals surface area contributed by atoms with Gasteiger partial charge < -0.3 is 0 Å². The van der Waals surface area contributed by atoms with Crippen LogP contribution < -0.4 is 0 Å². The summed E-state index contributed by atoms with van der Waals surface area (Å²) in [5.41, 5.74) is 0. The van der Waals surface area contributed by atoms with E-state index in [2.05, 4.69) is 13.8 Å². The standard InChI is InChI=1S/C7H14.C3H6.2C2H6/c1-6-4-3-5-7(6)2;1-2-3-1;2*1-2/h6-7H,3-5H2,1-2H3;1-3H2;2*1-2H3. The van der Waals surface area contributed by atoms with Gasteiger partial charge in [-0.15, -0.1) is 0 Å². The van der Waals surface area contributed by atoms with Gasteiger partial charge in [-0.25, -0.2) is 0 Å². The summed E-state index contributed by atoms with van der Waals surface area (Å²) >= 11 is 0. The van der Waals surface area contributed by atoms with E-state index in [-0.39, 0.29) is 0 Å². The fourth-order valence-electron chi connectivity index (χ4n) is 1.33. The normalized spacial score (nSPS) is 27.0. The van der Waals surface area contributed by atoms with Gasteiger partial charge in [0.05, 0.1) is 0 Å². The monoisotopic (exact) mass is 200 g/mol. The molecule has 2 fully saturated rings. The van der Waals surface area contributed by atoms with Gasteiger partial charge in [0.2, 0.25) is 0 Å². The zero-order valence-electron chi connectivity index (χ0n) is 11.4. The van der Waals surface area contributed by atoms with E-state index in [0.717, 1.165) is 11.8 Å². The van der Waals surface area contributed by atoms with Crippen molar-refractivity contribution in [2.75, 3.05) is 0 Å².